The van der Waals surface area contributed by atoms with E-state index in [4.69, 9.17) is 9.47 Å². The second kappa shape index (κ2) is 8.89. The minimum absolute atomic E-state index is 0.203. The fourth-order valence-electron chi connectivity index (χ4n) is 3.72. The summed E-state index contributed by atoms with van der Waals surface area (Å²) >= 11 is 0. The van der Waals surface area contributed by atoms with Crippen LogP contribution in [0.25, 0.3) is 0 Å². The number of carbonyl (C=O) groups excluding carboxylic acids is 2. The fraction of sp³-hybridized carbons (Fsp3) is 0.905. The molecule has 7 heteroatoms. The second-order valence-electron chi connectivity index (χ2n) is 10.2. The van der Waals surface area contributed by atoms with Crippen LogP contribution in [0.2, 0.25) is 0 Å². The van der Waals surface area contributed by atoms with Crippen molar-refractivity contribution in [1.29, 1.82) is 0 Å². The van der Waals surface area contributed by atoms with E-state index in [-0.39, 0.29) is 12.2 Å². The van der Waals surface area contributed by atoms with Crippen molar-refractivity contribution in [1.82, 2.24) is 14.7 Å². The monoisotopic (exact) mass is 397 g/mol. The SMILES string of the molecule is C[C@H]1CN(C(=O)OC(C)(C)C)CCN1CC1CCN(C(=O)OC(C)(C)C)CC1. The number of nitrogens with zero attached hydrogens (tertiary/aromatic N) is 3. The van der Waals surface area contributed by atoms with Crippen molar-refractivity contribution >= 4 is 12.2 Å². The minimum Gasteiger partial charge on any atom is -0.444 e. The molecule has 28 heavy (non-hydrogen) atoms. The number of amides is 2. The topological polar surface area (TPSA) is 62.3 Å². The molecule has 2 rings (SSSR count). The molecule has 0 aromatic carbocycles. The van der Waals surface area contributed by atoms with Gasteiger partial charge in [-0.15, -0.1) is 0 Å². The number of carbonyl (C=O) groups is 2. The molecule has 0 saturated carbocycles. The van der Waals surface area contributed by atoms with Crippen molar-refractivity contribution in [3.05, 3.63) is 0 Å². The highest BCUT2D eigenvalue weighted by Gasteiger charge is 2.32. The molecule has 0 radical (unpaired) electrons. The molecule has 2 aliphatic rings. The van der Waals surface area contributed by atoms with Gasteiger partial charge < -0.3 is 19.3 Å². The zero-order chi connectivity index (χ0) is 21.1. The summed E-state index contributed by atoms with van der Waals surface area (Å²) in [6.07, 6.45) is 1.58. The van der Waals surface area contributed by atoms with E-state index >= 15 is 0 Å². The summed E-state index contributed by atoms with van der Waals surface area (Å²) in [5.74, 6) is 0.578. The van der Waals surface area contributed by atoms with Gasteiger partial charge in [0.05, 0.1) is 0 Å². The van der Waals surface area contributed by atoms with E-state index in [0.717, 1.165) is 39.0 Å². The Labute approximate surface area is 170 Å². The Hall–Kier alpha value is -1.50. The summed E-state index contributed by atoms with van der Waals surface area (Å²) in [6.45, 7) is 18.4. The molecule has 0 N–H and O–H groups in total. The zero-order valence-corrected chi connectivity index (χ0v) is 18.8. The van der Waals surface area contributed by atoms with E-state index in [0.29, 0.717) is 25.0 Å². The molecule has 0 spiro atoms. The third kappa shape index (κ3) is 7.15. The summed E-state index contributed by atoms with van der Waals surface area (Å²) in [6, 6.07) is 0.310. The van der Waals surface area contributed by atoms with Crippen LogP contribution in [0.5, 0.6) is 0 Å². The molecule has 0 aromatic rings. The molecule has 0 bridgehead atoms. The third-order valence-corrected chi connectivity index (χ3v) is 5.18. The lowest BCUT2D eigenvalue weighted by Gasteiger charge is -2.42. The van der Waals surface area contributed by atoms with Crippen LogP contribution in [0.15, 0.2) is 0 Å². The number of piperazine rings is 1. The highest BCUT2D eigenvalue weighted by molar-refractivity contribution is 5.68. The van der Waals surface area contributed by atoms with Crippen molar-refractivity contribution in [2.24, 2.45) is 5.92 Å². The molecule has 2 amide bonds. The van der Waals surface area contributed by atoms with E-state index in [2.05, 4.69) is 11.8 Å². The van der Waals surface area contributed by atoms with Crippen LogP contribution in [-0.4, -0.2) is 83.4 Å². The van der Waals surface area contributed by atoms with Gasteiger partial charge in [0.15, 0.2) is 0 Å². The summed E-state index contributed by atoms with van der Waals surface area (Å²) in [4.78, 5) is 30.6. The first-order valence-electron chi connectivity index (χ1n) is 10.5. The molecule has 7 nitrogen and oxygen atoms in total. The number of likely N-dealkylation sites (tertiary alicyclic amines) is 1. The lowest BCUT2D eigenvalue weighted by molar-refractivity contribution is -0.0000902. The highest BCUT2D eigenvalue weighted by atomic mass is 16.6. The molecule has 0 aliphatic carbocycles. The van der Waals surface area contributed by atoms with Gasteiger partial charge in [-0.25, -0.2) is 9.59 Å². The van der Waals surface area contributed by atoms with Crippen LogP contribution in [-0.2, 0) is 9.47 Å². The predicted molar refractivity (Wildman–Crippen MR) is 109 cm³/mol. The summed E-state index contributed by atoms with van der Waals surface area (Å²) < 4.78 is 11.0. The fourth-order valence-corrected chi connectivity index (χ4v) is 3.72. The summed E-state index contributed by atoms with van der Waals surface area (Å²) in [5, 5.41) is 0. The van der Waals surface area contributed by atoms with Crippen molar-refractivity contribution in [3.8, 4) is 0 Å². The van der Waals surface area contributed by atoms with E-state index in [1.807, 2.05) is 51.3 Å². The summed E-state index contributed by atoms with van der Waals surface area (Å²) in [7, 11) is 0. The van der Waals surface area contributed by atoms with Gasteiger partial charge in [-0.2, -0.15) is 0 Å². The molecule has 2 heterocycles. The maximum absolute atomic E-state index is 12.3. The quantitative estimate of drug-likeness (QED) is 0.713. The molecule has 2 saturated heterocycles. The summed E-state index contributed by atoms with van der Waals surface area (Å²) in [5.41, 5.74) is -0.906. The van der Waals surface area contributed by atoms with Crippen molar-refractivity contribution in [2.45, 2.75) is 78.6 Å². The molecule has 162 valence electrons. The van der Waals surface area contributed by atoms with Gasteiger partial charge in [0.2, 0.25) is 0 Å². The Balaban J connectivity index is 1.76. The van der Waals surface area contributed by atoms with Crippen LogP contribution in [0.1, 0.15) is 61.3 Å². The van der Waals surface area contributed by atoms with Crippen LogP contribution < -0.4 is 0 Å². The first-order valence-corrected chi connectivity index (χ1v) is 10.5. The minimum atomic E-state index is -0.459. The standard InChI is InChI=1S/C21H39N3O4/c1-16-14-24(19(26)28-21(5,6)7)13-12-23(16)15-17-8-10-22(11-9-17)18(25)27-20(2,3)4/h16-17H,8-15H2,1-7H3/t16-/m0/s1. The van der Waals surface area contributed by atoms with E-state index in [9.17, 15) is 9.59 Å². The van der Waals surface area contributed by atoms with Crippen LogP contribution in [0.3, 0.4) is 0 Å². The molecule has 0 aromatic heterocycles. The Morgan fingerprint density at radius 3 is 1.79 bits per heavy atom. The molecular formula is C21H39N3O4. The molecule has 2 fully saturated rings. The van der Waals surface area contributed by atoms with Gasteiger partial charge in [-0.05, 0) is 67.2 Å². The second-order valence-corrected chi connectivity index (χ2v) is 10.2. The van der Waals surface area contributed by atoms with E-state index in [1.54, 1.807) is 0 Å². The number of rotatable bonds is 2. The number of piperidine rings is 1. The Morgan fingerprint density at radius 2 is 1.32 bits per heavy atom. The van der Waals surface area contributed by atoms with Gasteiger partial charge in [0.1, 0.15) is 11.2 Å². The first-order chi connectivity index (χ1) is 12.8. The first kappa shape index (κ1) is 22.8. The number of hydrogen-bond acceptors (Lipinski definition) is 5. The molecule has 0 unspecified atom stereocenters. The van der Waals surface area contributed by atoms with Crippen molar-refractivity contribution in [3.63, 3.8) is 0 Å². The van der Waals surface area contributed by atoms with Crippen molar-refractivity contribution in [2.75, 3.05) is 39.3 Å². The molecule has 2 aliphatic heterocycles. The van der Waals surface area contributed by atoms with E-state index < -0.39 is 11.2 Å². The van der Waals surface area contributed by atoms with Crippen LogP contribution in [0.4, 0.5) is 9.59 Å². The zero-order valence-electron chi connectivity index (χ0n) is 18.8. The van der Waals surface area contributed by atoms with Crippen LogP contribution in [0, 0.1) is 5.92 Å². The molecular weight excluding hydrogens is 358 g/mol. The van der Waals surface area contributed by atoms with Gasteiger partial charge in [0, 0.05) is 45.3 Å². The maximum Gasteiger partial charge on any atom is 0.410 e. The van der Waals surface area contributed by atoms with Gasteiger partial charge in [-0.3, -0.25) is 4.90 Å². The smallest absolute Gasteiger partial charge is 0.410 e. The Kier molecular flexibility index (Phi) is 7.23. The van der Waals surface area contributed by atoms with Crippen molar-refractivity contribution < 1.29 is 19.1 Å². The van der Waals surface area contributed by atoms with Crippen LogP contribution >= 0.6 is 0 Å². The van der Waals surface area contributed by atoms with Gasteiger partial charge >= 0.3 is 12.2 Å². The average Bonchev–Trinajstić information content (AvgIpc) is 2.54. The van der Waals surface area contributed by atoms with E-state index in [1.165, 1.54) is 0 Å². The average molecular weight is 398 g/mol. The highest BCUT2D eigenvalue weighted by Crippen LogP contribution is 2.23. The number of ether oxygens (including phenoxy) is 2. The normalized spacial score (nSPS) is 22.9. The maximum atomic E-state index is 12.3. The third-order valence-electron chi connectivity index (χ3n) is 5.18. The largest absolute Gasteiger partial charge is 0.444 e. The Morgan fingerprint density at radius 1 is 0.821 bits per heavy atom. The van der Waals surface area contributed by atoms with Gasteiger partial charge in [0.25, 0.3) is 0 Å². The predicted octanol–water partition coefficient (Wildman–Crippen LogP) is 3.57. The number of hydrogen-bond donors (Lipinski definition) is 0. The lowest BCUT2D eigenvalue weighted by atomic mass is 9.95. The van der Waals surface area contributed by atoms with Gasteiger partial charge in [-0.1, -0.05) is 0 Å². The molecule has 1 atom stereocenters. The Bertz CT molecular complexity index is 545. The lowest BCUT2D eigenvalue weighted by Crippen LogP contribution is -2.55.